The molecular formula is C11H13F2NO3. The van der Waals surface area contributed by atoms with Gasteiger partial charge in [-0.3, -0.25) is 0 Å². The van der Waals surface area contributed by atoms with Gasteiger partial charge in [0.25, 0.3) is 5.92 Å². The number of rotatable bonds is 2. The van der Waals surface area contributed by atoms with Crippen LogP contribution in [0.4, 0.5) is 8.78 Å². The Morgan fingerprint density at radius 2 is 1.88 bits per heavy atom. The van der Waals surface area contributed by atoms with Crippen molar-refractivity contribution in [2.75, 3.05) is 7.11 Å². The summed E-state index contributed by atoms with van der Waals surface area (Å²) in [7, 11) is 1.30. The predicted octanol–water partition coefficient (Wildman–Crippen LogP) is 1.69. The van der Waals surface area contributed by atoms with Gasteiger partial charge in [0.1, 0.15) is 0 Å². The Kier molecular flexibility index (Phi) is 2.43. The summed E-state index contributed by atoms with van der Waals surface area (Å²) in [5, 5.41) is 18.9. The highest BCUT2D eigenvalue weighted by molar-refractivity contribution is 5.54. The summed E-state index contributed by atoms with van der Waals surface area (Å²) < 4.78 is 30.5. The lowest BCUT2D eigenvalue weighted by atomic mass is 9.70. The standard InChI is InChI=1S/C11H13F2NO3/c1-17-8-3-6(2-7(15)9(8)16)10(14)4-11(12,13)5-10/h2-3,15-16H,4-5,14H2,1H3. The highest BCUT2D eigenvalue weighted by Gasteiger charge is 2.55. The average Bonchev–Trinajstić information content (AvgIpc) is 2.18. The fraction of sp³-hybridized carbons (Fsp3) is 0.455. The van der Waals surface area contributed by atoms with Crippen molar-refractivity contribution in [3.63, 3.8) is 0 Å². The quantitative estimate of drug-likeness (QED) is 0.693. The summed E-state index contributed by atoms with van der Waals surface area (Å²) >= 11 is 0. The molecule has 1 aliphatic carbocycles. The monoisotopic (exact) mass is 245 g/mol. The highest BCUT2D eigenvalue weighted by Crippen LogP contribution is 2.52. The molecule has 0 amide bonds. The van der Waals surface area contributed by atoms with Crippen LogP contribution >= 0.6 is 0 Å². The van der Waals surface area contributed by atoms with Crippen LogP contribution in [0.1, 0.15) is 18.4 Å². The number of hydrogen-bond donors (Lipinski definition) is 3. The van der Waals surface area contributed by atoms with Crippen LogP contribution in [0.5, 0.6) is 17.2 Å². The van der Waals surface area contributed by atoms with Gasteiger partial charge in [-0.1, -0.05) is 0 Å². The van der Waals surface area contributed by atoms with Gasteiger partial charge in [0.2, 0.25) is 5.75 Å². The lowest BCUT2D eigenvalue weighted by Gasteiger charge is -2.45. The van der Waals surface area contributed by atoms with Crippen molar-refractivity contribution in [3.8, 4) is 17.2 Å². The molecule has 0 atom stereocenters. The summed E-state index contributed by atoms with van der Waals surface area (Å²) in [5.41, 5.74) is 4.96. The Labute approximate surface area is 96.6 Å². The SMILES string of the molecule is COc1cc(C2(N)CC(F)(F)C2)cc(O)c1O. The number of benzene rings is 1. The molecule has 6 heteroatoms. The molecule has 1 aliphatic rings. The molecule has 0 spiro atoms. The minimum absolute atomic E-state index is 0.0139. The van der Waals surface area contributed by atoms with E-state index in [1.165, 1.54) is 19.2 Å². The first-order valence-corrected chi connectivity index (χ1v) is 5.05. The van der Waals surface area contributed by atoms with E-state index in [4.69, 9.17) is 10.5 Å². The van der Waals surface area contributed by atoms with Crippen molar-refractivity contribution < 1.29 is 23.7 Å². The highest BCUT2D eigenvalue weighted by atomic mass is 19.3. The summed E-state index contributed by atoms with van der Waals surface area (Å²) in [6.07, 6.45) is -0.958. The van der Waals surface area contributed by atoms with E-state index < -0.39 is 35.8 Å². The maximum absolute atomic E-state index is 12.9. The number of methoxy groups -OCH3 is 1. The van der Waals surface area contributed by atoms with Crippen LogP contribution in [-0.2, 0) is 5.54 Å². The first-order valence-electron chi connectivity index (χ1n) is 5.05. The summed E-state index contributed by atoms with van der Waals surface area (Å²) in [5.74, 6) is -3.61. The molecule has 0 bridgehead atoms. The molecule has 1 aromatic rings. The smallest absolute Gasteiger partial charge is 0.252 e. The van der Waals surface area contributed by atoms with Gasteiger partial charge in [0.15, 0.2) is 11.5 Å². The second kappa shape index (κ2) is 3.46. The third-order valence-electron chi connectivity index (χ3n) is 3.00. The Balaban J connectivity index is 2.38. The Morgan fingerprint density at radius 1 is 1.29 bits per heavy atom. The Bertz CT molecular complexity index is 454. The minimum Gasteiger partial charge on any atom is -0.504 e. The molecular weight excluding hydrogens is 232 g/mol. The Morgan fingerprint density at radius 3 is 2.35 bits per heavy atom. The molecule has 2 rings (SSSR count). The molecule has 4 nitrogen and oxygen atoms in total. The van der Waals surface area contributed by atoms with E-state index >= 15 is 0 Å². The van der Waals surface area contributed by atoms with Crippen LogP contribution in [-0.4, -0.2) is 23.2 Å². The van der Waals surface area contributed by atoms with Crippen LogP contribution in [0.2, 0.25) is 0 Å². The third-order valence-corrected chi connectivity index (χ3v) is 3.00. The van der Waals surface area contributed by atoms with E-state index in [9.17, 15) is 19.0 Å². The zero-order valence-electron chi connectivity index (χ0n) is 9.20. The van der Waals surface area contributed by atoms with Gasteiger partial charge in [-0.15, -0.1) is 0 Å². The van der Waals surface area contributed by atoms with Gasteiger partial charge in [0.05, 0.1) is 12.6 Å². The minimum atomic E-state index is -2.77. The van der Waals surface area contributed by atoms with Crippen LogP contribution in [0.15, 0.2) is 12.1 Å². The number of alkyl halides is 2. The molecule has 1 fully saturated rings. The van der Waals surface area contributed by atoms with Gasteiger partial charge < -0.3 is 20.7 Å². The largest absolute Gasteiger partial charge is 0.504 e. The lowest BCUT2D eigenvalue weighted by Crippen LogP contribution is -2.55. The van der Waals surface area contributed by atoms with Crippen molar-refractivity contribution in [3.05, 3.63) is 17.7 Å². The summed E-state index contributed by atoms with van der Waals surface area (Å²) in [4.78, 5) is 0. The molecule has 4 N–H and O–H groups in total. The summed E-state index contributed by atoms with van der Waals surface area (Å²) in [6.45, 7) is 0. The number of hydrogen-bond acceptors (Lipinski definition) is 4. The van der Waals surface area contributed by atoms with Gasteiger partial charge >= 0.3 is 0 Å². The topological polar surface area (TPSA) is 75.7 Å². The van der Waals surface area contributed by atoms with E-state index in [0.29, 0.717) is 5.56 Å². The fourth-order valence-corrected chi connectivity index (χ4v) is 2.11. The Hall–Kier alpha value is -1.56. The molecule has 1 saturated carbocycles. The van der Waals surface area contributed by atoms with Crippen LogP contribution in [0.25, 0.3) is 0 Å². The predicted molar refractivity (Wildman–Crippen MR) is 56.4 cm³/mol. The van der Waals surface area contributed by atoms with Gasteiger partial charge in [0, 0.05) is 12.8 Å². The first-order chi connectivity index (χ1) is 7.77. The van der Waals surface area contributed by atoms with Gasteiger partial charge in [-0.2, -0.15) is 0 Å². The molecule has 0 radical (unpaired) electrons. The van der Waals surface area contributed by atoms with Gasteiger partial charge in [-0.05, 0) is 17.7 Å². The van der Waals surface area contributed by atoms with Crippen molar-refractivity contribution >= 4 is 0 Å². The number of aromatic hydroxyl groups is 2. The van der Waals surface area contributed by atoms with Crippen LogP contribution in [0, 0.1) is 0 Å². The van der Waals surface area contributed by atoms with Crippen LogP contribution < -0.4 is 10.5 Å². The van der Waals surface area contributed by atoms with E-state index in [-0.39, 0.29) is 5.75 Å². The lowest BCUT2D eigenvalue weighted by molar-refractivity contribution is -0.125. The third kappa shape index (κ3) is 1.88. The molecule has 0 saturated heterocycles. The maximum Gasteiger partial charge on any atom is 0.252 e. The molecule has 1 aromatic carbocycles. The number of ether oxygens (including phenoxy) is 1. The van der Waals surface area contributed by atoms with Crippen molar-refractivity contribution in [2.45, 2.75) is 24.3 Å². The molecule has 0 heterocycles. The normalized spacial score (nSPS) is 20.7. The number of nitrogens with two attached hydrogens (primary N) is 1. The fourth-order valence-electron chi connectivity index (χ4n) is 2.11. The zero-order valence-corrected chi connectivity index (χ0v) is 9.20. The average molecular weight is 245 g/mol. The molecule has 0 aliphatic heterocycles. The zero-order chi connectivity index (χ0) is 12.8. The molecule has 94 valence electrons. The van der Waals surface area contributed by atoms with Crippen LogP contribution in [0.3, 0.4) is 0 Å². The van der Waals surface area contributed by atoms with Gasteiger partial charge in [-0.25, -0.2) is 8.78 Å². The molecule has 0 aromatic heterocycles. The van der Waals surface area contributed by atoms with Crippen molar-refractivity contribution in [1.29, 1.82) is 0 Å². The second-order valence-electron chi connectivity index (χ2n) is 4.41. The summed E-state index contributed by atoms with van der Waals surface area (Å²) in [6, 6.07) is 2.55. The van der Waals surface area contributed by atoms with E-state index in [1.54, 1.807) is 0 Å². The van der Waals surface area contributed by atoms with Crippen molar-refractivity contribution in [1.82, 2.24) is 0 Å². The van der Waals surface area contributed by atoms with Crippen molar-refractivity contribution in [2.24, 2.45) is 5.73 Å². The molecule has 0 unspecified atom stereocenters. The maximum atomic E-state index is 12.9. The second-order valence-corrected chi connectivity index (χ2v) is 4.41. The van der Waals surface area contributed by atoms with E-state index in [2.05, 4.69) is 0 Å². The van der Waals surface area contributed by atoms with E-state index in [0.717, 1.165) is 0 Å². The first kappa shape index (κ1) is 11.9. The number of phenols is 2. The molecule has 17 heavy (non-hydrogen) atoms. The number of phenolic OH excluding ortho intramolecular Hbond substituents is 2. The van der Waals surface area contributed by atoms with E-state index in [1.807, 2.05) is 0 Å². The number of halogens is 2.